The van der Waals surface area contributed by atoms with Crippen LogP contribution in [-0.2, 0) is 27.2 Å². The molecule has 0 fully saturated rings. The third-order valence-corrected chi connectivity index (χ3v) is 5.63. The van der Waals surface area contributed by atoms with E-state index in [1.54, 1.807) is 25.3 Å². The number of carbonyl (C=O) groups is 3. The summed E-state index contributed by atoms with van der Waals surface area (Å²) in [5.74, 6) is 0.715. The first kappa shape index (κ1) is 28.4. The average Bonchev–Trinajstić information content (AvgIpc) is 3.28. The number of nitrogens with two attached hydrogens (primary N) is 1. The topological polar surface area (TPSA) is 172 Å². The van der Waals surface area contributed by atoms with E-state index in [9.17, 15) is 19.2 Å². The van der Waals surface area contributed by atoms with Crippen LogP contribution in [0.4, 0.5) is 5.95 Å². The quantitative estimate of drug-likeness (QED) is 0.138. The van der Waals surface area contributed by atoms with Crippen molar-refractivity contribution in [2.75, 3.05) is 24.6 Å². The molecule has 11 nitrogen and oxygen atoms in total. The Morgan fingerprint density at radius 2 is 1.94 bits per heavy atom. The van der Waals surface area contributed by atoms with Gasteiger partial charge >= 0.3 is 0 Å². The molecule has 2 amide bonds. The zero-order chi connectivity index (χ0) is 26.3. The molecule has 0 atom stereocenters. The number of nitrogen functional groups attached to an aromatic ring is 1. The molecule has 0 saturated carbocycles. The molecular formula is C24H32N6O5S. The number of aryl methyl sites for hydroxylation is 2. The van der Waals surface area contributed by atoms with Gasteiger partial charge in [-0.2, -0.15) is 4.98 Å². The maximum absolute atomic E-state index is 12.3. The molecule has 0 saturated heterocycles. The van der Waals surface area contributed by atoms with Crippen molar-refractivity contribution in [2.24, 2.45) is 0 Å². The van der Waals surface area contributed by atoms with Gasteiger partial charge in [0.05, 0.1) is 12.0 Å². The number of benzene rings is 1. The number of H-pyrrole nitrogens is 2. The smallest absolute Gasteiger partial charge is 0.293 e. The number of aromatic amines is 2. The summed E-state index contributed by atoms with van der Waals surface area (Å²) in [5.41, 5.74) is 8.28. The summed E-state index contributed by atoms with van der Waals surface area (Å²) < 4.78 is 6.88. The second-order valence-corrected chi connectivity index (χ2v) is 8.63. The van der Waals surface area contributed by atoms with Gasteiger partial charge in [-0.15, -0.1) is 0 Å². The van der Waals surface area contributed by atoms with Gasteiger partial charge in [-0.3, -0.25) is 24.2 Å². The van der Waals surface area contributed by atoms with Crippen molar-refractivity contribution in [3.8, 4) is 0 Å². The number of amides is 2. The van der Waals surface area contributed by atoms with Crippen molar-refractivity contribution in [1.29, 1.82) is 0 Å². The van der Waals surface area contributed by atoms with Gasteiger partial charge in [-0.05, 0) is 49.4 Å². The summed E-state index contributed by atoms with van der Waals surface area (Å²) in [6.07, 6.45) is 4.10. The fourth-order valence-corrected chi connectivity index (χ4v) is 3.65. The summed E-state index contributed by atoms with van der Waals surface area (Å²) in [6.45, 7) is 5.07. The maximum Gasteiger partial charge on any atom is 0.293 e. The van der Waals surface area contributed by atoms with Crippen LogP contribution in [0.2, 0.25) is 0 Å². The Morgan fingerprint density at radius 3 is 2.58 bits per heavy atom. The predicted octanol–water partition coefficient (Wildman–Crippen LogP) is 2.09. The van der Waals surface area contributed by atoms with Crippen molar-refractivity contribution < 1.29 is 19.1 Å². The predicted molar refractivity (Wildman–Crippen MR) is 141 cm³/mol. The second-order valence-electron chi connectivity index (χ2n) is 7.55. The van der Waals surface area contributed by atoms with E-state index in [0.717, 1.165) is 16.9 Å². The van der Waals surface area contributed by atoms with Gasteiger partial charge < -0.3 is 25.5 Å². The lowest BCUT2D eigenvalue weighted by Gasteiger charge is -2.07. The number of hydrogen-bond acceptors (Lipinski definition) is 8. The first-order valence-corrected chi connectivity index (χ1v) is 12.6. The Morgan fingerprint density at radius 1 is 1.19 bits per heavy atom. The Labute approximate surface area is 213 Å². The van der Waals surface area contributed by atoms with Gasteiger partial charge in [0.2, 0.25) is 11.9 Å². The number of ether oxygens (including phenoxy) is 1. The molecule has 194 valence electrons. The van der Waals surface area contributed by atoms with Crippen molar-refractivity contribution >= 4 is 47.2 Å². The molecule has 0 aliphatic rings. The molecule has 0 aliphatic carbocycles. The largest absolute Gasteiger partial charge is 0.468 e. The molecule has 0 spiro atoms. The van der Waals surface area contributed by atoms with Crippen LogP contribution in [0.3, 0.4) is 0 Å². The molecule has 0 unspecified atom stereocenters. The Kier molecular flexibility index (Phi) is 12.0. The van der Waals surface area contributed by atoms with Gasteiger partial charge in [0, 0.05) is 30.5 Å². The molecule has 12 heteroatoms. The normalized spacial score (nSPS) is 10.3. The molecule has 2 heterocycles. The van der Waals surface area contributed by atoms with E-state index in [1.807, 2.05) is 19.1 Å². The molecule has 0 radical (unpaired) electrons. The highest BCUT2D eigenvalue weighted by molar-refractivity contribution is 7.97. The number of nitrogens with zero attached hydrogens (tertiary/aromatic N) is 1. The van der Waals surface area contributed by atoms with Crippen LogP contribution in [0, 0.1) is 0 Å². The molecule has 3 aromatic rings. The van der Waals surface area contributed by atoms with Gasteiger partial charge in [-0.25, -0.2) is 0 Å². The van der Waals surface area contributed by atoms with Gasteiger partial charge in [0.25, 0.3) is 17.9 Å². The van der Waals surface area contributed by atoms with Crippen LogP contribution in [0.5, 0.6) is 0 Å². The number of hydrogen-bond donors (Lipinski definition) is 5. The van der Waals surface area contributed by atoms with Crippen LogP contribution in [0.25, 0.3) is 11.0 Å². The zero-order valence-corrected chi connectivity index (χ0v) is 21.2. The molecular weight excluding hydrogens is 484 g/mol. The number of aromatic nitrogens is 3. The molecule has 3 rings (SSSR count). The SMILES string of the molecule is CCOC=O.CCSNC(=O)CCCNC(=O)c1ccc(CCc2c[nH]c3nc(N)[nH]c(=O)c23)cc1. The lowest BCUT2D eigenvalue weighted by Crippen LogP contribution is -2.26. The van der Waals surface area contributed by atoms with Crippen LogP contribution in [-0.4, -0.2) is 52.1 Å². The van der Waals surface area contributed by atoms with Gasteiger partial charge in [0.15, 0.2) is 0 Å². The summed E-state index contributed by atoms with van der Waals surface area (Å²) >= 11 is 1.37. The highest BCUT2D eigenvalue weighted by atomic mass is 32.2. The lowest BCUT2D eigenvalue weighted by atomic mass is 10.0. The van der Waals surface area contributed by atoms with E-state index in [4.69, 9.17) is 5.73 Å². The fourth-order valence-electron chi connectivity index (χ4n) is 3.24. The van der Waals surface area contributed by atoms with Crippen molar-refractivity contribution in [3.63, 3.8) is 0 Å². The van der Waals surface area contributed by atoms with E-state index in [-0.39, 0.29) is 23.3 Å². The van der Waals surface area contributed by atoms with E-state index in [1.165, 1.54) is 11.9 Å². The standard InChI is InChI=1S/C21H26N6O3S.C3H6O2/c1-2-31-27-16(28)4-3-11-23-19(29)14-8-5-13(6-9-14)7-10-15-12-24-18-17(15)20(30)26-21(22)25-18;1-2-5-3-4/h5-6,8-9,12H,2-4,7,10-11H2,1H3,(H,23,29)(H,27,28)(H4,22,24,25,26,30);3H,2H2,1H3. The molecule has 0 bridgehead atoms. The maximum atomic E-state index is 12.3. The highest BCUT2D eigenvalue weighted by Gasteiger charge is 2.11. The summed E-state index contributed by atoms with van der Waals surface area (Å²) in [6, 6.07) is 7.36. The monoisotopic (exact) mass is 516 g/mol. The zero-order valence-electron chi connectivity index (χ0n) is 20.4. The van der Waals surface area contributed by atoms with Crippen molar-refractivity contribution in [2.45, 2.75) is 39.5 Å². The number of nitrogens with one attached hydrogen (secondary N) is 4. The minimum Gasteiger partial charge on any atom is -0.468 e. The molecule has 0 aliphatic heterocycles. The molecule has 2 aromatic heterocycles. The third-order valence-electron chi connectivity index (χ3n) is 4.97. The number of rotatable bonds is 12. The molecule has 6 N–H and O–H groups in total. The number of carbonyl (C=O) groups excluding carboxylic acids is 3. The van der Waals surface area contributed by atoms with E-state index >= 15 is 0 Å². The van der Waals surface area contributed by atoms with Crippen LogP contribution >= 0.6 is 11.9 Å². The first-order valence-electron chi connectivity index (χ1n) is 11.6. The first-order chi connectivity index (χ1) is 17.4. The van der Waals surface area contributed by atoms with Crippen LogP contribution in [0.1, 0.15) is 48.2 Å². The summed E-state index contributed by atoms with van der Waals surface area (Å²) in [7, 11) is 0. The van der Waals surface area contributed by atoms with E-state index in [0.29, 0.717) is 61.9 Å². The van der Waals surface area contributed by atoms with Crippen LogP contribution < -0.4 is 21.3 Å². The lowest BCUT2D eigenvalue weighted by molar-refractivity contribution is -0.128. The Bertz CT molecular complexity index is 1190. The van der Waals surface area contributed by atoms with E-state index < -0.39 is 0 Å². The van der Waals surface area contributed by atoms with Gasteiger partial charge in [0.1, 0.15) is 5.65 Å². The van der Waals surface area contributed by atoms with E-state index in [2.05, 4.69) is 29.7 Å². The fraction of sp³-hybridized carbons (Fsp3) is 0.375. The Balaban J connectivity index is 0.000000830. The van der Waals surface area contributed by atoms with Crippen molar-refractivity contribution in [3.05, 3.63) is 57.5 Å². The third kappa shape index (κ3) is 9.10. The van der Waals surface area contributed by atoms with Crippen LogP contribution in [0.15, 0.2) is 35.3 Å². The van der Waals surface area contributed by atoms with Crippen molar-refractivity contribution in [1.82, 2.24) is 25.0 Å². The highest BCUT2D eigenvalue weighted by Crippen LogP contribution is 2.16. The molecule has 1 aromatic carbocycles. The minimum absolute atomic E-state index is 0.0260. The summed E-state index contributed by atoms with van der Waals surface area (Å²) in [5, 5.41) is 3.35. The Hall–Kier alpha value is -3.80. The second kappa shape index (κ2) is 15.2. The minimum atomic E-state index is -0.257. The number of anilines is 1. The summed E-state index contributed by atoms with van der Waals surface area (Å²) in [4.78, 5) is 54.7. The van der Waals surface area contributed by atoms with Gasteiger partial charge in [-0.1, -0.05) is 31.0 Å². The average molecular weight is 517 g/mol. The number of fused-ring (bicyclic) bond motifs is 1. The molecule has 36 heavy (non-hydrogen) atoms.